The first-order chi connectivity index (χ1) is 8.56. The van der Waals surface area contributed by atoms with E-state index < -0.39 is 0 Å². The van der Waals surface area contributed by atoms with Crippen molar-refractivity contribution < 1.29 is 20.1 Å². The van der Waals surface area contributed by atoms with Crippen LogP contribution in [0, 0.1) is 0 Å². The number of benzene rings is 1. The lowest BCUT2D eigenvalue weighted by Crippen LogP contribution is -2.39. The number of Topliss-reactive ketones (excluding diaryl/α,β-unsaturated/α-hetero) is 1. The van der Waals surface area contributed by atoms with Gasteiger partial charge in [0.2, 0.25) is 0 Å². The van der Waals surface area contributed by atoms with Crippen LogP contribution in [0.5, 0.6) is 11.5 Å². The Bertz CT molecular complexity index is 439. The molecular formula is C13H17NO4. The average Bonchev–Trinajstić information content (AvgIpc) is 2.35. The van der Waals surface area contributed by atoms with Crippen molar-refractivity contribution >= 4 is 5.78 Å². The number of hydrogen-bond donors (Lipinski definition) is 3. The molecule has 98 valence electrons. The highest BCUT2D eigenvalue weighted by atomic mass is 16.3. The fourth-order valence-electron chi connectivity index (χ4n) is 2.07. The summed E-state index contributed by atoms with van der Waals surface area (Å²) in [5, 5.41) is 27.9. The van der Waals surface area contributed by atoms with Crippen molar-refractivity contribution in [1.82, 2.24) is 4.90 Å². The zero-order chi connectivity index (χ0) is 13.1. The molecule has 5 heteroatoms. The zero-order valence-corrected chi connectivity index (χ0v) is 10.0. The van der Waals surface area contributed by atoms with Gasteiger partial charge in [0.25, 0.3) is 0 Å². The number of phenolic OH excluding ortho intramolecular Hbond substituents is 2. The van der Waals surface area contributed by atoms with E-state index in [1.165, 1.54) is 18.2 Å². The number of aliphatic hydroxyl groups is 1. The first-order valence-electron chi connectivity index (χ1n) is 6.02. The molecule has 0 saturated carbocycles. The molecule has 1 saturated heterocycles. The Hall–Kier alpha value is -1.59. The quantitative estimate of drug-likeness (QED) is 0.545. The summed E-state index contributed by atoms with van der Waals surface area (Å²) >= 11 is 0. The number of hydrogen-bond acceptors (Lipinski definition) is 5. The average molecular weight is 251 g/mol. The maximum absolute atomic E-state index is 12.0. The van der Waals surface area contributed by atoms with E-state index in [9.17, 15) is 20.1 Å². The molecule has 1 aromatic rings. The number of aliphatic hydroxyl groups excluding tert-OH is 1. The van der Waals surface area contributed by atoms with Gasteiger partial charge in [0.15, 0.2) is 17.3 Å². The smallest absolute Gasteiger partial charge is 0.176 e. The monoisotopic (exact) mass is 251 g/mol. The van der Waals surface area contributed by atoms with E-state index in [2.05, 4.69) is 0 Å². The van der Waals surface area contributed by atoms with Crippen molar-refractivity contribution in [3.8, 4) is 11.5 Å². The van der Waals surface area contributed by atoms with Gasteiger partial charge in [0.05, 0.1) is 12.6 Å². The predicted molar refractivity (Wildman–Crippen MR) is 65.8 cm³/mol. The Morgan fingerprint density at radius 3 is 2.50 bits per heavy atom. The van der Waals surface area contributed by atoms with Gasteiger partial charge in [-0.05, 0) is 31.0 Å². The number of piperidine rings is 1. The largest absolute Gasteiger partial charge is 0.504 e. The minimum atomic E-state index is -0.282. The highest BCUT2D eigenvalue weighted by Crippen LogP contribution is 2.25. The molecule has 0 unspecified atom stereocenters. The van der Waals surface area contributed by atoms with Crippen molar-refractivity contribution in [3.05, 3.63) is 23.8 Å². The van der Waals surface area contributed by atoms with Crippen LogP contribution in [0.15, 0.2) is 18.2 Å². The van der Waals surface area contributed by atoms with Gasteiger partial charge in [0.1, 0.15) is 0 Å². The highest BCUT2D eigenvalue weighted by Gasteiger charge is 2.19. The predicted octanol–water partition coefficient (Wildman–Crippen LogP) is 0.737. The SMILES string of the molecule is O=C(CN1CCC(O)CC1)c1ccc(O)c(O)c1. The molecule has 1 fully saturated rings. The van der Waals surface area contributed by atoms with Gasteiger partial charge in [0, 0.05) is 18.7 Å². The summed E-state index contributed by atoms with van der Waals surface area (Å²) in [4.78, 5) is 13.9. The zero-order valence-electron chi connectivity index (χ0n) is 10.0. The van der Waals surface area contributed by atoms with Crippen molar-refractivity contribution in [2.45, 2.75) is 18.9 Å². The lowest BCUT2D eigenvalue weighted by atomic mass is 10.1. The second kappa shape index (κ2) is 5.37. The third kappa shape index (κ3) is 3.00. The van der Waals surface area contributed by atoms with Crippen LogP contribution in [-0.2, 0) is 0 Å². The molecule has 0 atom stereocenters. The molecule has 3 N–H and O–H groups in total. The van der Waals surface area contributed by atoms with E-state index in [-0.39, 0.29) is 29.9 Å². The Kier molecular flexibility index (Phi) is 3.84. The van der Waals surface area contributed by atoms with Crippen molar-refractivity contribution in [2.75, 3.05) is 19.6 Å². The van der Waals surface area contributed by atoms with Crippen molar-refractivity contribution in [2.24, 2.45) is 0 Å². The van der Waals surface area contributed by atoms with E-state index in [1.807, 2.05) is 4.90 Å². The van der Waals surface area contributed by atoms with Crippen LogP contribution in [0.2, 0.25) is 0 Å². The van der Waals surface area contributed by atoms with Gasteiger partial charge in [-0.25, -0.2) is 0 Å². The van der Waals surface area contributed by atoms with Gasteiger partial charge < -0.3 is 15.3 Å². The van der Waals surface area contributed by atoms with Gasteiger partial charge in [-0.15, -0.1) is 0 Å². The second-order valence-electron chi connectivity index (χ2n) is 4.63. The summed E-state index contributed by atoms with van der Waals surface area (Å²) in [6.07, 6.45) is 1.12. The number of phenols is 2. The Labute approximate surface area is 105 Å². The summed E-state index contributed by atoms with van der Waals surface area (Å²) in [5.74, 6) is -0.607. The molecule has 1 aliphatic heterocycles. The summed E-state index contributed by atoms with van der Waals surface area (Å²) in [5.41, 5.74) is 0.386. The number of ketones is 1. The number of likely N-dealkylation sites (tertiary alicyclic amines) is 1. The minimum absolute atomic E-state index is 0.0957. The number of carbonyl (C=O) groups excluding carboxylic acids is 1. The standard InChI is InChI=1S/C13H17NO4/c15-10-3-5-14(6-4-10)8-13(18)9-1-2-11(16)12(17)7-9/h1-2,7,10,15-17H,3-6,8H2. The molecule has 1 aromatic carbocycles. The normalized spacial score (nSPS) is 17.8. The number of nitrogens with zero attached hydrogens (tertiary/aromatic N) is 1. The lowest BCUT2D eigenvalue weighted by Gasteiger charge is -2.28. The molecule has 1 aliphatic rings. The fourth-order valence-corrected chi connectivity index (χ4v) is 2.07. The molecule has 0 amide bonds. The molecule has 18 heavy (non-hydrogen) atoms. The molecule has 1 heterocycles. The van der Waals surface area contributed by atoms with E-state index in [1.54, 1.807) is 0 Å². The number of aromatic hydroxyl groups is 2. The van der Waals surface area contributed by atoms with Crippen LogP contribution in [0.25, 0.3) is 0 Å². The van der Waals surface area contributed by atoms with Gasteiger partial charge in [-0.3, -0.25) is 9.69 Å². The third-order valence-corrected chi connectivity index (χ3v) is 3.22. The van der Waals surface area contributed by atoms with E-state index in [0.717, 1.165) is 0 Å². The van der Waals surface area contributed by atoms with Crippen LogP contribution in [-0.4, -0.2) is 51.7 Å². The summed E-state index contributed by atoms with van der Waals surface area (Å²) in [7, 11) is 0. The van der Waals surface area contributed by atoms with Crippen LogP contribution in [0.1, 0.15) is 23.2 Å². The lowest BCUT2D eigenvalue weighted by molar-refractivity contribution is 0.0711. The first-order valence-corrected chi connectivity index (χ1v) is 6.02. The number of carbonyl (C=O) groups is 1. The minimum Gasteiger partial charge on any atom is -0.504 e. The van der Waals surface area contributed by atoms with Crippen LogP contribution in [0.3, 0.4) is 0 Å². The first kappa shape index (κ1) is 12.9. The molecule has 5 nitrogen and oxygen atoms in total. The van der Waals surface area contributed by atoms with Gasteiger partial charge >= 0.3 is 0 Å². The highest BCUT2D eigenvalue weighted by molar-refractivity contribution is 5.98. The van der Waals surface area contributed by atoms with Crippen LogP contribution < -0.4 is 0 Å². The molecule has 0 aromatic heterocycles. The van der Waals surface area contributed by atoms with Crippen molar-refractivity contribution in [3.63, 3.8) is 0 Å². The Morgan fingerprint density at radius 1 is 1.22 bits per heavy atom. The maximum atomic E-state index is 12.0. The van der Waals surface area contributed by atoms with E-state index >= 15 is 0 Å². The topological polar surface area (TPSA) is 81.0 Å². The molecule has 0 bridgehead atoms. The van der Waals surface area contributed by atoms with Gasteiger partial charge in [-0.2, -0.15) is 0 Å². The molecule has 2 rings (SSSR count). The maximum Gasteiger partial charge on any atom is 0.176 e. The molecule has 0 radical (unpaired) electrons. The summed E-state index contributed by atoms with van der Waals surface area (Å²) in [6, 6.07) is 4.08. The van der Waals surface area contributed by atoms with Crippen LogP contribution >= 0.6 is 0 Å². The van der Waals surface area contributed by atoms with Crippen LogP contribution in [0.4, 0.5) is 0 Å². The molecule has 0 aliphatic carbocycles. The fraction of sp³-hybridized carbons (Fsp3) is 0.462. The third-order valence-electron chi connectivity index (χ3n) is 3.22. The van der Waals surface area contributed by atoms with E-state index in [4.69, 9.17) is 0 Å². The summed E-state index contributed by atoms with van der Waals surface area (Å²) < 4.78 is 0. The molecular weight excluding hydrogens is 234 g/mol. The van der Waals surface area contributed by atoms with Crippen molar-refractivity contribution in [1.29, 1.82) is 0 Å². The number of rotatable bonds is 3. The van der Waals surface area contributed by atoms with E-state index in [0.29, 0.717) is 31.5 Å². The second-order valence-corrected chi connectivity index (χ2v) is 4.63. The Balaban J connectivity index is 1.97. The van der Waals surface area contributed by atoms with Gasteiger partial charge in [-0.1, -0.05) is 0 Å². The molecule has 0 spiro atoms. The summed E-state index contributed by atoms with van der Waals surface area (Å²) in [6.45, 7) is 1.69. The Morgan fingerprint density at radius 2 is 1.89 bits per heavy atom.